The maximum absolute atomic E-state index is 12.9. The first kappa shape index (κ1) is 24.7. The normalized spacial score (nSPS) is 23.4. The van der Waals surface area contributed by atoms with Gasteiger partial charge in [0.05, 0.1) is 37.0 Å². The second kappa shape index (κ2) is 9.30. The lowest BCUT2D eigenvalue weighted by Crippen LogP contribution is -2.61. The number of carbonyl (C=O) groups is 2. The Balaban J connectivity index is 1.19. The van der Waals surface area contributed by atoms with Crippen LogP contribution in [-0.2, 0) is 21.3 Å². The van der Waals surface area contributed by atoms with Crippen LogP contribution in [0.15, 0.2) is 30.6 Å². The highest BCUT2D eigenvalue weighted by Crippen LogP contribution is 2.36. The third-order valence-corrected chi connectivity index (χ3v) is 7.22. The van der Waals surface area contributed by atoms with E-state index in [1.807, 2.05) is 57.1 Å². The minimum Gasteiger partial charge on any atom is -0.486 e. The van der Waals surface area contributed by atoms with Gasteiger partial charge in [-0.3, -0.25) is 14.4 Å². The Kier molecular flexibility index (Phi) is 6.05. The smallest absolute Gasteiger partial charge is 0.410 e. The average molecular weight is 523 g/mol. The average Bonchev–Trinajstić information content (AvgIpc) is 3.52. The van der Waals surface area contributed by atoms with Crippen molar-refractivity contribution in [2.24, 2.45) is 13.0 Å². The highest BCUT2D eigenvalue weighted by Gasteiger charge is 2.44. The van der Waals surface area contributed by atoms with Gasteiger partial charge in [-0.15, -0.1) is 0 Å². The minimum absolute atomic E-state index is 0.0313. The second-order valence-electron chi connectivity index (χ2n) is 11.5. The maximum Gasteiger partial charge on any atom is 0.410 e. The van der Waals surface area contributed by atoms with Crippen molar-refractivity contribution < 1.29 is 23.8 Å². The van der Waals surface area contributed by atoms with E-state index in [9.17, 15) is 9.59 Å². The number of fused-ring (bicyclic) bond motifs is 3. The molecule has 2 bridgehead atoms. The zero-order chi connectivity index (χ0) is 26.6. The quantitative estimate of drug-likeness (QED) is 0.545. The van der Waals surface area contributed by atoms with E-state index in [4.69, 9.17) is 14.2 Å². The molecule has 3 aromatic rings. The third-order valence-electron chi connectivity index (χ3n) is 7.22. The number of amides is 2. The van der Waals surface area contributed by atoms with Crippen molar-refractivity contribution in [3.63, 3.8) is 0 Å². The lowest BCUT2D eigenvalue weighted by atomic mass is 9.92. The zero-order valence-electron chi connectivity index (χ0n) is 22.2. The molecule has 2 saturated heterocycles. The van der Waals surface area contributed by atoms with Crippen LogP contribution in [0, 0.1) is 5.92 Å². The van der Waals surface area contributed by atoms with Gasteiger partial charge in [0, 0.05) is 43.6 Å². The molecule has 11 nitrogen and oxygen atoms in total. The number of hydrogen-bond acceptors (Lipinski definition) is 7. The molecule has 202 valence electrons. The van der Waals surface area contributed by atoms with E-state index in [1.54, 1.807) is 15.4 Å². The Morgan fingerprint density at radius 3 is 2.55 bits per heavy atom. The maximum atomic E-state index is 12.9. The van der Waals surface area contributed by atoms with Gasteiger partial charge >= 0.3 is 6.09 Å². The van der Waals surface area contributed by atoms with Crippen LogP contribution in [0.5, 0.6) is 5.75 Å². The first-order chi connectivity index (χ1) is 18.1. The van der Waals surface area contributed by atoms with Crippen molar-refractivity contribution in [3.8, 4) is 17.0 Å². The van der Waals surface area contributed by atoms with Crippen LogP contribution in [0.3, 0.4) is 0 Å². The van der Waals surface area contributed by atoms with E-state index in [2.05, 4.69) is 15.5 Å². The molecule has 3 aromatic heterocycles. The summed E-state index contributed by atoms with van der Waals surface area (Å²) >= 11 is 0. The van der Waals surface area contributed by atoms with E-state index in [0.717, 1.165) is 29.6 Å². The number of rotatable bonds is 5. The number of anilines is 1. The first-order valence-corrected chi connectivity index (χ1v) is 13.2. The fourth-order valence-electron chi connectivity index (χ4n) is 5.36. The number of carbonyl (C=O) groups excluding carboxylic acids is 2. The SMILES string of the molecule is Cn1ncc(OC2C[C@H]3COC[C@H](C2)N3C(=O)OC(C)(C)C)c1-c1ccn2nc(NC(=O)C3CC3)cc2c1. The summed E-state index contributed by atoms with van der Waals surface area (Å²) in [6, 6.07) is 5.64. The van der Waals surface area contributed by atoms with Gasteiger partial charge in [0.15, 0.2) is 11.6 Å². The summed E-state index contributed by atoms with van der Waals surface area (Å²) in [5.74, 6) is 1.38. The number of nitrogens with zero attached hydrogens (tertiary/aromatic N) is 5. The number of hydrogen-bond donors (Lipinski definition) is 1. The minimum atomic E-state index is -0.551. The van der Waals surface area contributed by atoms with Gasteiger partial charge in [-0.2, -0.15) is 10.2 Å². The molecule has 2 atom stereocenters. The largest absolute Gasteiger partial charge is 0.486 e. The predicted molar refractivity (Wildman–Crippen MR) is 139 cm³/mol. The molecule has 38 heavy (non-hydrogen) atoms. The van der Waals surface area contributed by atoms with Crippen molar-refractivity contribution in [2.75, 3.05) is 18.5 Å². The van der Waals surface area contributed by atoms with Crippen LogP contribution in [0.1, 0.15) is 46.5 Å². The summed E-state index contributed by atoms with van der Waals surface area (Å²) < 4.78 is 21.5. The summed E-state index contributed by atoms with van der Waals surface area (Å²) in [7, 11) is 1.89. The molecule has 5 heterocycles. The van der Waals surface area contributed by atoms with Crippen molar-refractivity contribution in [1.82, 2.24) is 24.3 Å². The highest BCUT2D eigenvalue weighted by molar-refractivity contribution is 5.93. The molecular formula is C27H34N6O5. The second-order valence-corrected chi connectivity index (χ2v) is 11.5. The molecule has 0 radical (unpaired) electrons. The van der Waals surface area contributed by atoms with E-state index in [0.29, 0.717) is 37.6 Å². The molecule has 3 aliphatic rings. The number of aromatic nitrogens is 4. The number of pyridine rings is 1. The van der Waals surface area contributed by atoms with Crippen molar-refractivity contribution in [2.45, 2.75) is 70.2 Å². The number of aryl methyl sites for hydroxylation is 1. The summed E-state index contributed by atoms with van der Waals surface area (Å²) in [5.41, 5.74) is 2.10. The molecule has 0 spiro atoms. The van der Waals surface area contributed by atoms with Crippen LogP contribution >= 0.6 is 0 Å². The predicted octanol–water partition coefficient (Wildman–Crippen LogP) is 3.63. The number of nitrogens with one attached hydrogen (secondary N) is 1. The molecule has 2 aliphatic heterocycles. The summed E-state index contributed by atoms with van der Waals surface area (Å²) in [5, 5.41) is 11.9. The van der Waals surface area contributed by atoms with Crippen LogP contribution < -0.4 is 10.1 Å². The lowest BCUT2D eigenvalue weighted by molar-refractivity contribution is -0.117. The fourth-order valence-corrected chi connectivity index (χ4v) is 5.36. The molecule has 11 heteroatoms. The molecule has 1 aliphatic carbocycles. The Hall–Kier alpha value is -3.60. The zero-order valence-corrected chi connectivity index (χ0v) is 22.2. The molecule has 1 N–H and O–H groups in total. The topological polar surface area (TPSA) is 112 Å². The van der Waals surface area contributed by atoms with Crippen molar-refractivity contribution >= 4 is 23.3 Å². The monoisotopic (exact) mass is 522 g/mol. The molecule has 1 saturated carbocycles. The van der Waals surface area contributed by atoms with Gasteiger partial charge in [0.25, 0.3) is 0 Å². The van der Waals surface area contributed by atoms with Crippen molar-refractivity contribution in [1.29, 1.82) is 0 Å². The van der Waals surface area contributed by atoms with Gasteiger partial charge in [-0.05, 0) is 45.7 Å². The summed E-state index contributed by atoms with van der Waals surface area (Å²) in [6.45, 7) is 6.57. The Labute approximate surface area is 221 Å². The first-order valence-electron chi connectivity index (χ1n) is 13.2. The summed E-state index contributed by atoms with van der Waals surface area (Å²) in [6.07, 6.45) is 6.42. The van der Waals surface area contributed by atoms with Crippen LogP contribution in [0.25, 0.3) is 16.8 Å². The molecule has 3 fully saturated rings. The molecular weight excluding hydrogens is 488 g/mol. The molecule has 0 aromatic carbocycles. The molecule has 6 rings (SSSR count). The van der Waals surface area contributed by atoms with E-state index >= 15 is 0 Å². The van der Waals surface area contributed by atoms with Gasteiger partial charge in [0.1, 0.15) is 17.4 Å². The Morgan fingerprint density at radius 1 is 1.13 bits per heavy atom. The summed E-state index contributed by atoms with van der Waals surface area (Å²) in [4.78, 5) is 26.9. The van der Waals surface area contributed by atoms with Gasteiger partial charge in [0.2, 0.25) is 5.91 Å². The number of ether oxygens (including phenoxy) is 3. The van der Waals surface area contributed by atoms with Crippen LogP contribution in [0.4, 0.5) is 10.6 Å². The van der Waals surface area contributed by atoms with E-state index < -0.39 is 5.60 Å². The number of piperidine rings is 1. The highest BCUT2D eigenvalue weighted by atomic mass is 16.6. The third kappa shape index (κ3) is 4.94. The molecule has 2 amide bonds. The lowest BCUT2D eigenvalue weighted by Gasteiger charge is -2.47. The number of morpholine rings is 1. The Morgan fingerprint density at radius 2 is 1.87 bits per heavy atom. The van der Waals surface area contributed by atoms with Crippen molar-refractivity contribution in [3.05, 3.63) is 30.6 Å². The van der Waals surface area contributed by atoms with Gasteiger partial charge in [-0.1, -0.05) is 0 Å². The van der Waals surface area contributed by atoms with Gasteiger partial charge < -0.3 is 19.5 Å². The van der Waals surface area contributed by atoms with Crippen LogP contribution in [-0.4, -0.2) is 73.3 Å². The molecule has 0 unspecified atom stereocenters. The fraction of sp³-hybridized carbons (Fsp3) is 0.556. The Bertz CT molecular complexity index is 1360. The van der Waals surface area contributed by atoms with E-state index in [1.165, 1.54) is 0 Å². The van der Waals surface area contributed by atoms with Gasteiger partial charge in [-0.25, -0.2) is 9.31 Å². The van der Waals surface area contributed by atoms with E-state index in [-0.39, 0.29) is 36.1 Å². The standard InChI is InChI=1S/C27H34N6O5/c1-27(2,3)38-26(35)33-19-10-21(11-20(33)15-36-14-19)37-22-13-28-31(4)24(22)17-7-8-32-18(9-17)12-23(30-32)29-25(34)16-5-6-16/h7-9,12-13,16,19-21H,5-6,10-11,14-15H2,1-4H3,(H,29,30,34)/t19-,20-/m0/s1. The van der Waals surface area contributed by atoms with Crippen LogP contribution in [0.2, 0.25) is 0 Å².